The molecule has 2 fully saturated rings. The Morgan fingerprint density at radius 1 is 1.38 bits per heavy atom. The van der Waals surface area contributed by atoms with Crippen molar-refractivity contribution in [3.8, 4) is 0 Å². The Kier molecular flexibility index (Phi) is 4.53. The third-order valence-corrected chi connectivity index (χ3v) is 5.85. The molecule has 1 N–H and O–H groups in total. The largest absolute Gasteiger partial charge is 0.311 e. The third-order valence-electron chi connectivity index (χ3n) is 5.51. The van der Waals surface area contributed by atoms with Crippen LogP contribution in [-0.2, 0) is 6.54 Å². The van der Waals surface area contributed by atoms with Gasteiger partial charge in [-0.3, -0.25) is 9.88 Å². The molecule has 2 aliphatic rings. The van der Waals surface area contributed by atoms with E-state index in [0.29, 0.717) is 6.04 Å². The van der Waals surface area contributed by atoms with Crippen molar-refractivity contribution in [2.24, 2.45) is 5.92 Å². The van der Waals surface area contributed by atoms with Gasteiger partial charge in [0.1, 0.15) is 0 Å². The zero-order chi connectivity index (χ0) is 14.9. The SMILES string of the molecule is CCC1(CC)CNC(C2CC2)CN1Cc1ccncc1Cl. The fraction of sp³-hybridized carbons (Fsp3) is 0.706. The van der Waals surface area contributed by atoms with Crippen LogP contribution in [0.1, 0.15) is 45.1 Å². The summed E-state index contributed by atoms with van der Waals surface area (Å²) in [5.74, 6) is 0.895. The Hall–Kier alpha value is -0.640. The average molecular weight is 308 g/mol. The normalized spacial score (nSPS) is 26.0. The Morgan fingerprint density at radius 2 is 2.14 bits per heavy atom. The van der Waals surface area contributed by atoms with E-state index in [1.165, 1.54) is 31.2 Å². The van der Waals surface area contributed by atoms with Gasteiger partial charge in [0, 0.05) is 43.6 Å². The molecular weight excluding hydrogens is 282 g/mol. The molecule has 1 aliphatic carbocycles. The van der Waals surface area contributed by atoms with Gasteiger partial charge < -0.3 is 5.32 Å². The van der Waals surface area contributed by atoms with Crippen molar-refractivity contribution in [1.82, 2.24) is 15.2 Å². The molecule has 116 valence electrons. The fourth-order valence-electron chi connectivity index (χ4n) is 3.66. The zero-order valence-electron chi connectivity index (χ0n) is 13.1. The topological polar surface area (TPSA) is 28.2 Å². The molecule has 1 aromatic heterocycles. The monoisotopic (exact) mass is 307 g/mol. The van der Waals surface area contributed by atoms with Crippen LogP contribution in [0.4, 0.5) is 0 Å². The van der Waals surface area contributed by atoms with Crippen LogP contribution in [0.15, 0.2) is 18.5 Å². The standard InChI is InChI=1S/C17H26ClN3/c1-3-17(4-2)12-20-16(13-5-6-13)11-21(17)10-14-7-8-19-9-15(14)18/h7-9,13,16,20H,3-6,10-12H2,1-2H3. The highest BCUT2D eigenvalue weighted by atomic mass is 35.5. The van der Waals surface area contributed by atoms with Crippen LogP contribution in [0.25, 0.3) is 0 Å². The van der Waals surface area contributed by atoms with Gasteiger partial charge in [-0.2, -0.15) is 0 Å². The van der Waals surface area contributed by atoms with Gasteiger partial charge >= 0.3 is 0 Å². The quantitative estimate of drug-likeness (QED) is 0.902. The molecule has 1 aromatic rings. The molecular formula is C17H26ClN3. The van der Waals surface area contributed by atoms with Crippen LogP contribution in [0.5, 0.6) is 0 Å². The van der Waals surface area contributed by atoms with Crippen LogP contribution in [0.2, 0.25) is 5.02 Å². The summed E-state index contributed by atoms with van der Waals surface area (Å²) >= 11 is 6.33. The molecule has 1 saturated heterocycles. The van der Waals surface area contributed by atoms with E-state index in [4.69, 9.17) is 11.6 Å². The van der Waals surface area contributed by atoms with Gasteiger partial charge in [-0.15, -0.1) is 0 Å². The number of nitrogens with zero attached hydrogens (tertiary/aromatic N) is 2. The maximum Gasteiger partial charge on any atom is 0.0634 e. The Bertz CT molecular complexity index is 483. The molecule has 1 atom stereocenters. The highest BCUT2D eigenvalue weighted by Gasteiger charge is 2.43. The number of hydrogen-bond donors (Lipinski definition) is 1. The number of halogens is 1. The summed E-state index contributed by atoms with van der Waals surface area (Å²) in [5.41, 5.74) is 1.47. The van der Waals surface area contributed by atoms with Crippen molar-refractivity contribution < 1.29 is 0 Å². The minimum atomic E-state index is 0.262. The first-order valence-corrected chi connectivity index (χ1v) is 8.63. The summed E-state index contributed by atoms with van der Waals surface area (Å²) in [4.78, 5) is 6.78. The van der Waals surface area contributed by atoms with E-state index in [-0.39, 0.29) is 5.54 Å². The second-order valence-corrected chi connectivity index (χ2v) is 7.01. The van der Waals surface area contributed by atoms with Crippen molar-refractivity contribution in [2.45, 2.75) is 57.7 Å². The van der Waals surface area contributed by atoms with Gasteiger partial charge in [0.15, 0.2) is 0 Å². The van der Waals surface area contributed by atoms with Crippen LogP contribution < -0.4 is 5.32 Å². The van der Waals surface area contributed by atoms with E-state index in [0.717, 1.165) is 30.6 Å². The number of pyridine rings is 1. The maximum atomic E-state index is 6.33. The van der Waals surface area contributed by atoms with Gasteiger partial charge in [-0.25, -0.2) is 0 Å². The van der Waals surface area contributed by atoms with Crippen LogP contribution in [0.3, 0.4) is 0 Å². The van der Waals surface area contributed by atoms with Crippen molar-refractivity contribution in [1.29, 1.82) is 0 Å². The lowest BCUT2D eigenvalue weighted by Crippen LogP contribution is -2.64. The fourth-order valence-corrected chi connectivity index (χ4v) is 3.84. The van der Waals surface area contributed by atoms with Crippen LogP contribution >= 0.6 is 11.6 Å². The lowest BCUT2D eigenvalue weighted by Gasteiger charge is -2.50. The van der Waals surface area contributed by atoms with E-state index in [1.807, 2.05) is 6.20 Å². The van der Waals surface area contributed by atoms with Gasteiger partial charge in [-0.05, 0) is 43.2 Å². The molecule has 1 unspecified atom stereocenters. The summed E-state index contributed by atoms with van der Waals surface area (Å²) in [6, 6.07) is 2.73. The smallest absolute Gasteiger partial charge is 0.0634 e. The van der Waals surface area contributed by atoms with E-state index >= 15 is 0 Å². The molecule has 21 heavy (non-hydrogen) atoms. The average Bonchev–Trinajstić information content (AvgIpc) is 3.34. The number of rotatable bonds is 5. The Labute approximate surface area is 133 Å². The molecule has 1 aliphatic heterocycles. The van der Waals surface area contributed by atoms with E-state index in [1.54, 1.807) is 6.20 Å². The molecule has 2 heterocycles. The first kappa shape index (κ1) is 15.3. The third kappa shape index (κ3) is 3.10. The molecule has 0 bridgehead atoms. The Balaban J connectivity index is 1.80. The summed E-state index contributed by atoms with van der Waals surface area (Å²) in [5, 5.41) is 4.61. The predicted octanol–water partition coefficient (Wildman–Crippen LogP) is 3.48. The summed E-state index contributed by atoms with van der Waals surface area (Å²) < 4.78 is 0. The van der Waals surface area contributed by atoms with Crippen molar-refractivity contribution in [2.75, 3.05) is 13.1 Å². The van der Waals surface area contributed by atoms with Gasteiger partial charge in [0.25, 0.3) is 0 Å². The molecule has 0 amide bonds. The van der Waals surface area contributed by atoms with Crippen molar-refractivity contribution >= 4 is 11.6 Å². The molecule has 0 radical (unpaired) electrons. The van der Waals surface area contributed by atoms with E-state index in [9.17, 15) is 0 Å². The van der Waals surface area contributed by atoms with Crippen molar-refractivity contribution in [3.63, 3.8) is 0 Å². The number of nitrogens with one attached hydrogen (secondary N) is 1. The first-order valence-electron chi connectivity index (χ1n) is 8.25. The Morgan fingerprint density at radius 3 is 2.76 bits per heavy atom. The maximum absolute atomic E-state index is 6.33. The molecule has 0 aromatic carbocycles. The summed E-state index contributed by atoms with van der Waals surface area (Å²) in [6.07, 6.45) is 8.76. The highest BCUT2D eigenvalue weighted by Crippen LogP contribution is 2.38. The molecule has 3 nitrogen and oxygen atoms in total. The summed E-state index contributed by atoms with van der Waals surface area (Å²) in [6.45, 7) is 7.80. The zero-order valence-corrected chi connectivity index (χ0v) is 13.9. The predicted molar refractivity (Wildman–Crippen MR) is 87.5 cm³/mol. The van der Waals surface area contributed by atoms with Gasteiger partial charge in [0.05, 0.1) is 5.02 Å². The minimum Gasteiger partial charge on any atom is -0.311 e. The summed E-state index contributed by atoms with van der Waals surface area (Å²) in [7, 11) is 0. The number of aromatic nitrogens is 1. The number of hydrogen-bond acceptors (Lipinski definition) is 3. The van der Waals surface area contributed by atoms with Crippen LogP contribution in [0, 0.1) is 5.92 Å². The lowest BCUT2D eigenvalue weighted by molar-refractivity contribution is 0.0203. The van der Waals surface area contributed by atoms with E-state index in [2.05, 4.69) is 35.1 Å². The molecule has 1 saturated carbocycles. The first-order chi connectivity index (χ1) is 10.2. The number of piperazine rings is 1. The molecule has 4 heteroatoms. The van der Waals surface area contributed by atoms with E-state index < -0.39 is 0 Å². The minimum absolute atomic E-state index is 0.262. The second-order valence-electron chi connectivity index (χ2n) is 6.60. The van der Waals surface area contributed by atoms with Gasteiger partial charge in [-0.1, -0.05) is 25.4 Å². The molecule has 3 rings (SSSR count). The highest BCUT2D eigenvalue weighted by molar-refractivity contribution is 6.31. The molecule has 0 spiro atoms. The van der Waals surface area contributed by atoms with Crippen molar-refractivity contribution in [3.05, 3.63) is 29.0 Å². The van der Waals surface area contributed by atoms with Gasteiger partial charge in [0.2, 0.25) is 0 Å². The second kappa shape index (κ2) is 6.23. The lowest BCUT2D eigenvalue weighted by atomic mass is 9.86. The van der Waals surface area contributed by atoms with Crippen LogP contribution in [-0.4, -0.2) is 34.6 Å².